The number of aryl methyl sites for hydroxylation is 1. The first kappa shape index (κ1) is 13.6. The predicted octanol–water partition coefficient (Wildman–Crippen LogP) is 3.84. The summed E-state index contributed by atoms with van der Waals surface area (Å²) in [6.07, 6.45) is 3.44. The van der Waals surface area contributed by atoms with Gasteiger partial charge in [-0.05, 0) is 35.8 Å². The maximum atomic E-state index is 6.22. The van der Waals surface area contributed by atoms with Crippen LogP contribution in [0.1, 0.15) is 29.8 Å². The molecule has 0 aliphatic rings. The molecule has 0 aromatic carbocycles. The van der Waals surface area contributed by atoms with Crippen LogP contribution in [-0.4, -0.2) is 19.5 Å². The molecule has 0 aliphatic carbocycles. The van der Waals surface area contributed by atoms with Crippen molar-refractivity contribution in [3.63, 3.8) is 0 Å². The first-order chi connectivity index (χ1) is 9.54. The summed E-state index contributed by atoms with van der Waals surface area (Å²) in [5, 5.41) is -0.223. The maximum absolute atomic E-state index is 6.22. The van der Waals surface area contributed by atoms with Gasteiger partial charge in [-0.3, -0.25) is 0 Å². The van der Waals surface area contributed by atoms with E-state index in [4.69, 9.17) is 16.0 Å². The van der Waals surface area contributed by atoms with Gasteiger partial charge in [0, 0.05) is 10.7 Å². The lowest BCUT2D eigenvalue weighted by Crippen LogP contribution is -2.06. The molecule has 1 unspecified atom stereocenters. The summed E-state index contributed by atoms with van der Waals surface area (Å²) >= 11 is 9.61. The fourth-order valence-electron chi connectivity index (χ4n) is 2.07. The molecule has 3 aromatic rings. The van der Waals surface area contributed by atoms with E-state index in [0.29, 0.717) is 12.4 Å². The van der Waals surface area contributed by atoms with E-state index in [2.05, 4.69) is 30.9 Å². The molecule has 20 heavy (non-hydrogen) atoms. The first-order valence-corrected chi connectivity index (χ1v) is 7.34. The topological polar surface area (TPSA) is 56.7 Å². The largest absolute Gasteiger partial charge is 0.444 e. The molecule has 0 radical (unpaired) electrons. The summed E-state index contributed by atoms with van der Waals surface area (Å²) < 4.78 is 8.34. The molecule has 0 aliphatic heterocycles. The van der Waals surface area contributed by atoms with E-state index in [0.717, 1.165) is 27.2 Å². The minimum absolute atomic E-state index is 0.223. The van der Waals surface area contributed by atoms with Crippen LogP contribution in [0, 0.1) is 6.92 Å². The second-order valence-electron chi connectivity index (χ2n) is 4.53. The van der Waals surface area contributed by atoms with Crippen molar-refractivity contribution in [1.82, 2.24) is 19.5 Å². The Hall–Kier alpha value is -1.40. The number of pyridine rings is 1. The zero-order valence-corrected chi connectivity index (χ0v) is 13.3. The molecule has 1 atom stereocenters. The van der Waals surface area contributed by atoms with Gasteiger partial charge in [-0.2, -0.15) is 0 Å². The van der Waals surface area contributed by atoms with E-state index in [9.17, 15) is 0 Å². The van der Waals surface area contributed by atoms with Crippen molar-refractivity contribution in [2.45, 2.75) is 25.8 Å². The molecule has 104 valence electrons. The minimum atomic E-state index is -0.223. The number of fused-ring (bicyclic) bond motifs is 1. The van der Waals surface area contributed by atoms with Gasteiger partial charge < -0.3 is 8.98 Å². The Morgan fingerprint density at radius 3 is 2.85 bits per heavy atom. The van der Waals surface area contributed by atoms with E-state index >= 15 is 0 Å². The molecule has 5 nitrogen and oxygen atoms in total. The van der Waals surface area contributed by atoms with Gasteiger partial charge in [0.2, 0.25) is 5.89 Å². The third-order valence-corrected chi connectivity index (χ3v) is 3.53. The quantitative estimate of drug-likeness (QED) is 0.670. The number of nitrogens with zero attached hydrogens (tertiary/aromatic N) is 4. The Morgan fingerprint density at radius 1 is 1.40 bits per heavy atom. The third-order valence-electron chi connectivity index (χ3n) is 2.90. The Morgan fingerprint density at radius 2 is 2.20 bits per heavy atom. The molecule has 0 bridgehead atoms. The Kier molecular flexibility index (Phi) is 3.52. The number of aromatic nitrogens is 4. The van der Waals surface area contributed by atoms with Gasteiger partial charge in [-0.15, -0.1) is 11.6 Å². The first-order valence-electron chi connectivity index (χ1n) is 6.11. The fourth-order valence-corrected chi connectivity index (χ4v) is 2.56. The van der Waals surface area contributed by atoms with Crippen molar-refractivity contribution in [2.24, 2.45) is 0 Å². The summed E-state index contributed by atoms with van der Waals surface area (Å²) in [6, 6.07) is 1.92. The SMILES string of the molecule is Cc1cnc(Cn2c(C(C)Cl)nc3cc(Br)cnc32)o1. The van der Waals surface area contributed by atoms with E-state index in [-0.39, 0.29) is 5.38 Å². The second kappa shape index (κ2) is 5.18. The molecule has 3 aromatic heterocycles. The highest BCUT2D eigenvalue weighted by atomic mass is 79.9. The van der Waals surface area contributed by atoms with E-state index in [1.807, 2.05) is 24.5 Å². The van der Waals surface area contributed by atoms with E-state index in [1.54, 1.807) is 12.4 Å². The summed E-state index contributed by atoms with van der Waals surface area (Å²) in [6.45, 7) is 4.21. The van der Waals surface area contributed by atoms with Crippen molar-refractivity contribution in [3.05, 3.63) is 40.4 Å². The average molecular weight is 356 g/mol. The highest BCUT2D eigenvalue weighted by Gasteiger charge is 2.17. The summed E-state index contributed by atoms with van der Waals surface area (Å²) in [4.78, 5) is 13.2. The molecule has 0 spiro atoms. The van der Waals surface area contributed by atoms with Crippen LogP contribution in [0.25, 0.3) is 11.2 Å². The lowest BCUT2D eigenvalue weighted by atomic mass is 10.4. The highest BCUT2D eigenvalue weighted by Crippen LogP contribution is 2.26. The van der Waals surface area contributed by atoms with Crippen LogP contribution >= 0.6 is 27.5 Å². The van der Waals surface area contributed by atoms with E-state index < -0.39 is 0 Å². The van der Waals surface area contributed by atoms with Crippen molar-refractivity contribution >= 4 is 38.7 Å². The Bertz CT molecular complexity index is 765. The summed E-state index contributed by atoms with van der Waals surface area (Å²) in [5.41, 5.74) is 1.57. The van der Waals surface area contributed by atoms with Crippen LogP contribution in [0.3, 0.4) is 0 Å². The lowest BCUT2D eigenvalue weighted by Gasteiger charge is -2.07. The molecule has 3 rings (SSSR count). The molecule has 0 saturated heterocycles. The molecule has 7 heteroatoms. The second-order valence-corrected chi connectivity index (χ2v) is 6.10. The fraction of sp³-hybridized carbons (Fsp3) is 0.308. The van der Waals surface area contributed by atoms with Crippen LogP contribution in [-0.2, 0) is 6.54 Å². The Labute approximate surface area is 129 Å². The molecular weight excluding hydrogens is 344 g/mol. The Balaban J connectivity index is 2.13. The molecule has 0 saturated carbocycles. The van der Waals surface area contributed by atoms with Crippen LogP contribution in [0.2, 0.25) is 0 Å². The minimum Gasteiger partial charge on any atom is -0.444 e. The number of hydrogen-bond acceptors (Lipinski definition) is 4. The number of halogens is 2. The number of rotatable bonds is 3. The number of alkyl halides is 1. The normalized spacial score (nSPS) is 13.0. The van der Waals surface area contributed by atoms with Gasteiger partial charge in [0.1, 0.15) is 23.6 Å². The molecule has 0 N–H and O–H groups in total. The van der Waals surface area contributed by atoms with Crippen molar-refractivity contribution in [2.75, 3.05) is 0 Å². The van der Waals surface area contributed by atoms with Crippen LogP contribution in [0.5, 0.6) is 0 Å². The third kappa shape index (κ3) is 2.45. The van der Waals surface area contributed by atoms with E-state index in [1.165, 1.54) is 0 Å². The zero-order chi connectivity index (χ0) is 14.3. The van der Waals surface area contributed by atoms with Crippen LogP contribution in [0.4, 0.5) is 0 Å². The van der Waals surface area contributed by atoms with Crippen molar-refractivity contribution in [1.29, 1.82) is 0 Å². The van der Waals surface area contributed by atoms with Crippen LogP contribution < -0.4 is 0 Å². The molecular formula is C13H12BrClN4O. The van der Waals surface area contributed by atoms with Gasteiger partial charge in [-0.25, -0.2) is 15.0 Å². The van der Waals surface area contributed by atoms with Gasteiger partial charge in [-0.1, -0.05) is 0 Å². The molecule has 0 amide bonds. The standard InChI is InChI=1S/C13H12BrClN4O/c1-7-4-16-11(20-7)6-19-12(8(2)15)18-10-3-9(14)5-17-13(10)19/h3-5,8H,6H2,1-2H3. The monoisotopic (exact) mass is 354 g/mol. The lowest BCUT2D eigenvalue weighted by molar-refractivity contribution is 0.455. The predicted molar refractivity (Wildman–Crippen MR) is 79.8 cm³/mol. The van der Waals surface area contributed by atoms with Gasteiger partial charge in [0.05, 0.1) is 11.6 Å². The van der Waals surface area contributed by atoms with Crippen molar-refractivity contribution < 1.29 is 4.42 Å². The zero-order valence-electron chi connectivity index (χ0n) is 11.0. The average Bonchev–Trinajstić information content (AvgIpc) is 2.94. The summed E-state index contributed by atoms with van der Waals surface area (Å²) in [7, 11) is 0. The van der Waals surface area contributed by atoms with Gasteiger partial charge in [0.15, 0.2) is 5.65 Å². The molecule has 3 heterocycles. The van der Waals surface area contributed by atoms with Gasteiger partial charge in [0.25, 0.3) is 0 Å². The maximum Gasteiger partial charge on any atom is 0.214 e. The highest BCUT2D eigenvalue weighted by molar-refractivity contribution is 9.10. The molecule has 0 fully saturated rings. The number of hydrogen-bond donors (Lipinski definition) is 0. The van der Waals surface area contributed by atoms with Crippen molar-refractivity contribution in [3.8, 4) is 0 Å². The number of imidazole rings is 1. The smallest absolute Gasteiger partial charge is 0.214 e. The van der Waals surface area contributed by atoms with Gasteiger partial charge >= 0.3 is 0 Å². The van der Waals surface area contributed by atoms with Crippen LogP contribution in [0.15, 0.2) is 27.3 Å². The number of oxazole rings is 1. The summed E-state index contributed by atoms with van der Waals surface area (Å²) in [5.74, 6) is 2.15.